The number of aryl methyl sites for hydroxylation is 1. The van der Waals surface area contributed by atoms with Crippen molar-refractivity contribution in [3.63, 3.8) is 0 Å². The van der Waals surface area contributed by atoms with E-state index in [-0.39, 0.29) is 24.0 Å². The quantitative estimate of drug-likeness (QED) is 0.292. The predicted octanol–water partition coefficient (Wildman–Crippen LogP) is -1.83. The molecular formula is C6H7ClIN+2. The number of hydrogen-bond acceptors (Lipinski definition) is 0. The second-order valence-corrected chi connectivity index (χ2v) is 2.02. The highest BCUT2D eigenvalue weighted by molar-refractivity contribution is 6.28. The summed E-state index contributed by atoms with van der Waals surface area (Å²) in [6.45, 7) is 0. The van der Waals surface area contributed by atoms with Crippen LogP contribution >= 0.6 is 11.6 Å². The van der Waals surface area contributed by atoms with Crippen molar-refractivity contribution in [2.75, 3.05) is 0 Å². The van der Waals surface area contributed by atoms with Crippen molar-refractivity contribution in [2.24, 2.45) is 7.05 Å². The van der Waals surface area contributed by atoms with E-state index in [2.05, 4.69) is 0 Å². The van der Waals surface area contributed by atoms with Crippen molar-refractivity contribution in [3.8, 4) is 0 Å². The molecule has 1 rings (SSSR count). The molecule has 2 radical (unpaired) electrons. The Morgan fingerprint density at radius 1 is 1.44 bits per heavy atom. The van der Waals surface area contributed by atoms with Crippen LogP contribution < -0.4 is 28.5 Å². The molecule has 3 heteroatoms. The van der Waals surface area contributed by atoms with Gasteiger partial charge in [0.15, 0.2) is 6.20 Å². The lowest BCUT2D eigenvalue weighted by Gasteiger charge is -1.84. The first-order valence-corrected chi connectivity index (χ1v) is 2.78. The van der Waals surface area contributed by atoms with Crippen LogP contribution in [-0.2, 0) is 7.05 Å². The third kappa shape index (κ3) is 2.49. The van der Waals surface area contributed by atoms with Gasteiger partial charge < -0.3 is 0 Å². The Labute approximate surface area is 76.7 Å². The number of nitrogens with zero attached hydrogens (tertiary/aromatic N) is 1. The van der Waals surface area contributed by atoms with E-state index in [0.717, 1.165) is 5.15 Å². The first kappa shape index (κ1) is 9.17. The molecule has 0 fully saturated rings. The fraction of sp³-hybridized carbons (Fsp3) is 0.167. The standard InChI is InChI=1S/C6H7ClN.I/c1-8-5-3-2-4-6(8)7;/h2-5H,1H3;/q2*+1. The summed E-state index contributed by atoms with van der Waals surface area (Å²) in [7, 11) is 1.91. The van der Waals surface area contributed by atoms with E-state index in [1.807, 2.05) is 36.0 Å². The molecule has 0 saturated heterocycles. The zero-order chi connectivity index (χ0) is 5.98. The van der Waals surface area contributed by atoms with E-state index in [9.17, 15) is 0 Å². The first-order chi connectivity index (χ1) is 3.80. The van der Waals surface area contributed by atoms with Crippen LogP contribution in [0.15, 0.2) is 24.4 Å². The molecule has 48 valence electrons. The highest BCUT2D eigenvalue weighted by Gasteiger charge is 1.94. The van der Waals surface area contributed by atoms with E-state index >= 15 is 0 Å². The van der Waals surface area contributed by atoms with Gasteiger partial charge in [0.25, 0.3) is 5.15 Å². The van der Waals surface area contributed by atoms with E-state index in [0.29, 0.717) is 0 Å². The fourth-order valence-corrected chi connectivity index (χ4v) is 0.632. The number of aromatic nitrogens is 1. The van der Waals surface area contributed by atoms with Crippen molar-refractivity contribution in [1.29, 1.82) is 0 Å². The zero-order valence-corrected chi connectivity index (χ0v) is 7.93. The number of rotatable bonds is 0. The van der Waals surface area contributed by atoms with E-state index in [1.54, 1.807) is 0 Å². The van der Waals surface area contributed by atoms with E-state index in [1.165, 1.54) is 0 Å². The van der Waals surface area contributed by atoms with Crippen LogP contribution in [0.1, 0.15) is 0 Å². The molecule has 0 spiro atoms. The number of halogens is 2. The summed E-state index contributed by atoms with van der Waals surface area (Å²) >= 11 is 5.67. The molecule has 0 amide bonds. The Kier molecular flexibility index (Phi) is 4.14. The molecule has 0 N–H and O–H groups in total. The first-order valence-electron chi connectivity index (χ1n) is 2.41. The Hall–Kier alpha value is 0.170. The summed E-state index contributed by atoms with van der Waals surface area (Å²) in [5.41, 5.74) is 0. The maximum Gasteiger partial charge on any atom is 1.00 e. The van der Waals surface area contributed by atoms with Gasteiger partial charge in [-0.2, -0.15) is 4.57 Å². The Balaban J connectivity index is 0.000000640. The third-order valence-electron chi connectivity index (χ3n) is 0.991. The lowest BCUT2D eigenvalue weighted by atomic mass is 10.5. The van der Waals surface area contributed by atoms with Crippen LogP contribution in [0.5, 0.6) is 0 Å². The summed E-state index contributed by atoms with van der Waals surface area (Å²) in [6, 6.07) is 5.69. The highest BCUT2D eigenvalue weighted by Crippen LogP contribution is 1.95. The van der Waals surface area contributed by atoms with Gasteiger partial charge in [-0.05, 0) is 17.7 Å². The van der Waals surface area contributed by atoms with Crippen molar-refractivity contribution in [3.05, 3.63) is 29.5 Å². The summed E-state index contributed by atoms with van der Waals surface area (Å²) in [5, 5.41) is 0.757. The van der Waals surface area contributed by atoms with Crippen LogP contribution in [0.3, 0.4) is 0 Å². The fourth-order valence-electron chi connectivity index (χ4n) is 0.503. The maximum atomic E-state index is 5.67. The molecule has 1 aromatic rings. The number of pyridine rings is 1. The van der Waals surface area contributed by atoms with Gasteiger partial charge in [0.1, 0.15) is 7.05 Å². The molecule has 0 aliphatic heterocycles. The van der Waals surface area contributed by atoms with Gasteiger partial charge >= 0.3 is 24.0 Å². The van der Waals surface area contributed by atoms with Crippen LogP contribution in [0.4, 0.5) is 0 Å². The van der Waals surface area contributed by atoms with Crippen LogP contribution in [-0.4, -0.2) is 0 Å². The van der Waals surface area contributed by atoms with E-state index < -0.39 is 0 Å². The minimum absolute atomic E-state index is 0. The van der Waals surface area contributed by atoms with Crippen LogP contribution in [0.25, 0.3) is 0 Å². The molecular weight excluding hydrogens is 248 g/mol. The summed E-state index contributed by atoms with van der Waals surface area (Å²) in [5.74, 6) is 0. The predicted molar refractivity (Wildman–Crippen MR) is 32.6 cm³/mol. The van der Waals surface area contributed by atoms with Crippen molar-refractivity contribution < 1.29 is 28.5 Å². The van der Waals surface area contributed by atoms with Gasteiger partial charge in [-0.25, -0.2) is 0 Å². The average Bonchev–Trinajstić information content (AvgIpc) is 1.77. The second kappa shape index (κ2) is 4.06. The Bertz CT molecular complexity index is 169. The second-order valence-electron chi connectivity index (χ2n) is 1.63. The molecule has 0 atom stereocenters. The molecule has 0 aromatic carbocycles. The third-order valence-corrected chi connectivity index (χ3v) is 1.38. The molecule has 1 heterocycles. The van der Waals surface area contributed by atoms with Gasteiger partial charge in [-0.15, -0.1) is 0 Å². The van der Waals surface area contributed by atoms with Gasteiger partial charge in [-0.1, -0.05) is 0 Å². The van der Waals surface area contributed by atoms with E-state index in [4.69, 9.17) is 11.6 Å². The minimum Gasteiger partial charge on any atom is -0.191 e. The molecule has 0 unspecified atom stereocenters. The number of hydrogen-bond donors (Lipinski definition) is 0. The molecule has 9 heavy (non-hydrogen) atoms. The topological polar surface area (TPSA) is 3.88 Å². The lowest BCUT2D eigenvalue weighted by Crippen LogP contribution is -3.00. The molecule has 0 bridgehead atoms. The van der Waals surface area contributed by atoms with Gasteiger partial charge in [-0.3, -0.25) is 0 Å². The zero-order valence-electron chi connectivity index (χ0n) is 5.01. The highest BCUT2D eigenvalue weighted by atomic mass is 127. The average molecular weight is 255 g/mol. The summed E-state index contributed by atoms with van der Waals surface area (Å²) < 4.78 is 1.85. The Morgan fingerprint density at radius 2 is 2.11 bits per heavy atom. The van der Waals surface area contributed by atoms with Gasteiger partial charge in [0.05, 0.1) is 0 Å². The van der Waals surface area contributed by atoms with Crippen molar-refractivity contribution >= 4 is 11.6 Å². The smallest absolute Gasteiger partial charge is 0.191 e. The molecule has 0 aliphatic rings. The SMILES string of the molecule is C[n+]1ccccc1Cl.[I+]. The Morgan fingerprint density at radius 3 is 2.44 bits per heavy atom. The summed E-state index contributed by atoms with van der Waals surface area (Å²) in [6.07, 6.45) is 1.91. The van der Waals surface area contributed by atoms with Gasteiger partial charge in [0, 0.05) is 12.1 Å². The molecule has 1 aromatic heterocycles. The normalized spacial score (nSPS) is 8.22. The molecule has 0 aliphatic carbocycles. The molecule has 0 saturated carbocycles. The lowest BCUT2D eigenvalue weighted by molar-refractivity contribution is -0.669. The van der Waals surface area contributed by atoms with Crippen molar-refractivity contribution in [2.45, 2.75) is 0 Å². The van der Waals surface area contributed by atoms with Crippen molar-refractivity contribution in [1.82, 2.24) is 0 Å². The van der Waals surface area contributed by atoms with Gasteiger partial charge in [0.2, 0.25) is 0 Å². The van der Waals surface area contributed by atoms with Crippen LogP contribution in [0.2, 0.25) is 5.15 Å². The van der Waals surface area contributed by atoms with Crippen LogP contribution in [0, 0.1) is 0 Å². The minimum atomic E-state index is 0. The largest absolute Gasteiger partial charge is 1.00 e. The monoisotopic (exact) mass is 255 g/mol. The maximum absolute atomic E-state index is 5.67. The molecule has 1 nitrogen and oxygen atoms in total. The summed E-state index contributed by atoms with van der Waals surface area (Å²) in [4.78, 5) is 0.